The first-order valence-corrected chi connectivity index (χ1v) is 18.9. The zero-order valence-electron chi connectivity index (χ0n) is 31.0. The molecule has 0 radical (unpaired) electrons. The molecular formula is C39H64O12. The summed E-state index contributed by atoms with van der Waals surface area (Å²) >= 11 is 0. The van der Waals surface area contributed by atoms with E-state index in [1.54, 1.807) is 0 Å². The van der Waals surface area contributed by atoms with Crippen molar-refractivity contribution in [1.29, 1.82) is 0 Å². The first-order chi connectivity index (χ1) is 24.9. The summed E-state index contributed by atoms with van der Waals surface area (Å²) in [5.41, 5.74) is 0. The monoisotopic (exact) mass is 724 g/mol. The van der Waals surface area contributed by atoms with Crippen molar-refractivity contribution in [2.24, 2.45) is 0 Å². The van der Waals surface area contributed by atoms with E-state index in [1.165, 1.54) is 77.0 Å². The van der Waals surface area contributed by atoms with Gasteiger partial charge in [-0.1, -0.05) is 117 Å². The highest BCUT2D eigenvalue weighted by molar-refractivity contribution is 5.81. The molecule has 12 nitrogen and oxygen atoms in total. The number of carbonyl (C=O) groups is 4. The van der Waals surface area contributed by atoms with Crippen LogP contribution in [0.15, 0.2) is 38.0 Å². The second kappa shape index (κ2) is 31.7. The van der Waals surface area contributed by atoms with Crippen LogP contribution >= 0.6 is 0 Å². The van der Waals surface area contributed by atoms with Crippen LogP contribution in [0.2, 0.25) is 0 Å². The fraction of sp³-hybridized carbons (Fsp3) is 0.744. The number of ether oxygens (including phenoxy) is 8. The number of carbonyl (C=O) groups excluding carboxylic acids is 4. The van der Waals surface area contributed by atoms with Crippen LogP contribution in [0.4, 0.5) is 0 Å². The second-order valence-corrected chi connectivity index (χ2v) is 12.4. The van der Waals surface area contributed by atoms with Gasteiger partial charge in [-0.15, -0.1) is 0 Å². The van der Waals surface area contributed by atoms with E-state index in [-0.39, 0.29) is 58.8 Å². The summed E-state index contributed by atoms with van der Waals surface area (Å²) < 4.78 is 44.8. The molecule has 0 N–H and O–H groups in total. The summed E-state index contributed by atoms with van der Waals surface area (Å²) in [5.74, 6) is -2.12. The predicted molar refractivity (Wildman–Crippen MR) is 193 cm³/mol. The maximum absolute atomic E-state index is 12.7. The summed E-state index contributed by atoms with van der Waals surface area (Å²) in [6.07, 6.45) is 19.1. The van der Waals surface area contributed by atoms with Crippen molar-refractivity contribution in [3.05, 3.63) is 38.0 Å². The van der Waals surface area contributed by atoms with Crippen LogP contribution in [0.5, 0.6) is 0 Å². The van der Waals surface area contributed by atoms with E-state index in [0.717, 1.165) is 37.5 Å². The molecular weight excluding hydrogens is 660 g/mol. The van der Waals surface area contributed by atoms with E-state index < -0.39 is 42.3 Å². The molecule has 4 unspecified atom stereocenters. The first kappa shape index (κ1) is 46.0. The van der Waals surface area contributed by atoms with Crippen LogP contribution in [-0.4, -0.2) is 101 Å². The summed E-state index contributed by atoms with van der Waals surface area (Å²) in [6.45, 7) is 12.2. The van der Waals surface area contributed by atoms with Gasteiger partial charge in [0.2, 0.25) is 0 Å². The number of hydrogen-bond acceptors (Lipinski definition) is 12. The van der Waals surface area contributed by atoms with Gasteiger partial charge in [-0.05, 0) is 6.42 Å². The van der Waals surface area contributed by atoms with Crippen LogP contribution in [0.3, 0.4) is 0 Å². The third kappa shape index (κ3) is 23.9. The van der Waals surface area contributed by atoms with Crippen LogP contribution in [0.1, 0.15) is 110 Å². The normalized spacial score (nSPS) is 18.4. The Bertz CT molecular complexity index is 983. The van der Waals surface area contributed by atoms with Crippen molar-refractivity contribution in [2.45, 2.75) is 134 Å². The third-order valence-corrected chi connectivity index (χ3v) is 8.36. The van der Waals surface area contributed by atoms with E-state index in [9.17, 15) is 19.2 Å². The molecule has 0 spiro atoms. The van der Waals surface area contributed by atoms with Gasteiger partial charge in [0.15, 0.2) is 0 Å². The topological polar surface area (TPSA) is 142 Å². The molecule has 1 aliphatic rings. The van der Waals surface area contributed by atoms with E-state index in [0.29, 0.717) is 6.42 Å². The molecule has 0 aliphatic carbocycles. The lowest BCUT2D eigenvalue weighted by Crippen LogP contribution is -2.58. The van der Waals surface area contributed by atoms with Crippen molar-refractivity contribution >= 4 is 23.9 Å². The Kier molecular flexibility index (Phi) is 28.5. The van der Waals surface area contributed by atoms with Crippen molar-refractivity contribution in [3.8, 4) is 0 Å². The average Bonchev–Trinajstić information content (AvgIpc) is 3.14. The molecule has 0 aromatic rings. The largest absolute Gasteiger partial charge is 0.463 e. The summed E-state index contributed by atoms with van der Waals surface area (Å²) in [5, 5.41) is 0. The number of unbranched alkanes of at least 4 members (excludes halogenated alkanes) is 14. The zero-order chi connectivity index (χ0) is 37.4. The molecule has 0 amide bonds. The minimum absolute atomic E-state index is 0.00737. The fourth-order valence-electron chi connectivity index (χ4n) is 5.58. The van der Waals surface area contributed by atoms with Crippen molar-refractivity contribution in [3.63, 3.8) is 0 Å². The molecule has 1 rings (SSSR count). The second-order valence-electron chi connectivity index (χ2n) is 12.4. The van der Waals surface area contributed by atoms with Crippen molar-refractivity contribution in [1.82, 2.24) is 0 Å². The van der Waals surface area contributed by atoms with E-state index >= 15 is 0 Å². The average molecular weight is 725 g/mol. The van der Waals surface area contributed by atoms with Gasteiger partial charge in [-0.3, -0.25) is 4.79 Å². The van der Waals surface area contributed by atoms with Crippen LogP contribution < -0.4 is 0 Å². The Morgan fingerprint density at radius 1 is 0.549 bits per heavy atom. The lowest BCUT2D eigenvalue weighted by atomic mass is 9.99. The van der Waals surface area contributed by atoms with E-state index in [1.807, 2.05) is 0 Å². The fourth-order valence-corrected chi connectivity index (χ4v) is 5.58. The molecule has 292 valence electrons. The molecule has 0 aromatic heterocycles. The summed E-state index contributed by atoms with van der Waals surface area (Å²) in [4.78, 5) is 47.1. The van der Waals surface area contributed by atoms with Gasteiger partial charge in [-0.25, -0.2) is 14.4 Å². The molecule has 1 heterocycles. The maximum atomic E-state index is 12.7. The lowest BCUT2D eigenvalue weighted by Gasteiger charge is -2.41. The Hall–Kier alpha value is -3.06. The van der Waals surface area contributed by atoms with Gasteiger partial charge in [0.05, 0.1) is 26.4 Å². The smallest absolute Gasteiger partial charge is 0.330 e. The highest BCUT2D eigenvalue weighted by atomic mass is 16.6. The molecule has 1 fully saturated rings. The Labute approximate surface area is 305 Å². The highest BCUT2D eigenvalue weighted by Gasteiger charge is 2.43. The summed E-state index contributed by atoms with van der Waals surface area (Å²) in [6, 6.07) is 0. The van der Waals surface area contributed by atoms with Gasteiger partial charge >= 0.3 is 23.9 Å². The minimum atomic E-state index is -0.824. The molecule has 1 aliphatic heterocycles. The van der Waals surface area contributed by atoms with E-state index in [2.05, 4.69) is 26.7 Å². The predicted octanol–water partition coefficient (Wildman–Crippen LogP) is 6.53. The van der Waals surface area contributed by atoms with Crippen LogP contribution in [0.25, 0.3) is 0 Å². The van der Waals surface area contributed by atoms with Crippen LogP contribution in [-0.2, 0) is 57.1 Å². The molecule has 0 saturated carbocycles. The zero-order valence-corrected chi connectivity index (χ0v) is 31.0. The molecule has 12 heteroatoms. The Morgan fingerprint density at radius 3 is 1.41 bits per heavy atom. The summed E-state index contributed by atoms with van der Waals surface area (Å²) in [7, 11) is 0. The van der Waals surface area contributed by atoms with E-state index in [4.69, 9.17) is 37.9 Å². The number of esters is 4. The maximum Gasteiger partial charge on any atom is 0.330 e. The van der Waals surface area contributed by atoms with Gasteiger partial charge in [0.25, 0.3) is 0 Å². The molecule has 0 aromatic carbocycles. The van der Waals surface area contributed by atoms with Crippen LogP contribution in [0, 0.1) is 0 Å². The number of rotatable bonds is 33. The van der Waals surface area contributed by atoms with Gasteiger partial charge in [0.1, 0.15) is 50.8 Å². The standard InChI is InChI=1S/C39H64O12/c1-5-9-10-11-12-13-14-15-16-17-18-19-20-21-22-23-37(43)51-31-33-39(49-29-27-47-36(42)8-4)38(48-28-26-46-35(41)7-3)32(30-50-33)44-24-25-45-34(40)6-2/h6-8,32-33,38-39H,2-5,9-31H2,1H3. The molecule has 51 heavy (non-hydrogen) atoms. The molecule has 0 bridgehead atoms. The first-order valence-electron chi connectivity index (χ1n) is 18.9. The van der Waals surface area contributed by atoms with Gasteiger partial charge in [0, 0.05) is 24.6 Å². The molecule has 4 atom stereocenters. The molecule has 1 saturated heterocycles. The Morgan fingerprint density at radius 2 is 0.961 bits per heavy atom. The van der Waals surface area contributed by atoms with Gasteiger partial charge < -0.3 is 37.9 Å². The third-order valence-electron chi connectivity index (χ3n) is 8.36. The quantitative estimate of drug-likeness (QED) is 0.0314. The SMILES string of the molecule is C=CC(=O)OCCOC1COC(COC(=O)CCCCCCCCCCCCCCCCC)C(OCCOC(=O)C=C)C1OCCOC(=O)C=C. The Balaban J connectivity index is 2.57. The highest BCUT2D eigenvalue weighted by Crippen LogP contribution is 2.25. The van der Waals surface area contributed by atoms with Gasteiger partial charge in [-0.2, -0.15) is 0 Å². The lowest BCUT2D eigenvalue weighted by molar-refractivity contribution is -0.242. The minimum Gasteiger partial charge on any atom is -0.463 e. The number of hydrogen-bond donors (Lipinski definition) is 0. The van der Waals surface area contributed by atoms with Crippen molar-refractivity contribution in [2.75, 3.05) is 52.9 Å². The van der Waals surface area contributed by atoms with Crippen molar-refractivity contribution < 1.29 is 57.1 Å².